The summed E-state index contributed by atoms with van der Waals surface area (Å²) in [6.45, 7) is 0. The molecule has 1 heterocycles. The van der Waals surface area contributed by atoms with E-state index in [1.165, 1.54) is 0 Å². The van der Waals surface area contributed by atoms with Crippen molar-refractivity contribution < 1.29 is 4.74 Å². The number of hydrogen-bond acceptors (Lipinski definition) is 4. The maximum absolute atomic E-state index is 5.72. The van der Waals surface area contributed by atoms with Gasteiger partial charge in [0.05, 0.1) is 18.0 Å². The van der Waals surface area contributed by atoms with Gasteiger partial charge in [-0.15, -0.1) is 0 Å². The third kappa shape index (κ3) is 1.83. The van der Waals surface area contributed by atoms with Gasteiger partial charge in [-0.25, -0.2) is 4.98 Å². The molecule has 0 radical (unpaired) electrons. The highest BCUT2D eigenvalue weighted by atomic mass is 16.5. The summed E-state index contributed by atoms with van der Waals surface area (Å²) in [5.74, 6) is 1.46. The molecule has 0 unspecified atom stereocenters. The smallest absolute Gasteiger partial charge is 0.149 e. The molecule has 0 spiro atoms. The molecule has 0 atom stereocenters. The molecule has 0 bridgehead atoms. The first-order valence-electron chi connectivity index (χ1n) is 4.39. The van der Waals surface area contributed by atoms with Crippen molar-refractivity contribution in [1.29, 1.82) is 0 Å². The summed E-state index contributed by atoms with van der Waals surface area (Å²) in [5.41, 5.74) is 6.35. The summed E-state index contributed by atoms with van der Waals surface area (Å²) >= 11 is 0. The zero-order valence-electron chi connectivity index (χ0n) is 7.58. The second-order valence-electron chi connectivity index (χ2n) is 3.18. The number of nitrogens with two attached hydrogens (primary N) is 1. The van der Waals surface area contributed by atoms with Gasteiger partial charge < -0.3 is 15.8 Å². The van der Waals surface area contributed by atoms with Crippen molar-refractivity contribution in [1.82, 2.24) is 4.98 Å². The van der Waals surface area contributed by atoms with Crippen LogP contribution < -0.4 is 15.8 Å². The van der Waals surface area contributed by atoms with Gasteiger partial charge in [0, 0.05) is 13.1 Å². The first kappa shape index (κ1) is 8.16. The number of nitrogens with zero attached hydrogens (tertiary/aromatic N) is 1. The SMILES string of the molecule is CNc1ncc(OC2CC2)cc1N. The van der Waals surface area contributed by atoms with Crippen LogP contribution in [0.2, 0.25) is 0 Å². The highest BCUT2D eigenvalue weighted by Gasteiger charge is 2.23. The Morgan fingerprint density at radius 3 is 2.92 bits per heavy atom. The maximum Gasteiger partial charge on any atom is 0.149 e. The highest BCUT2D eigenvalue weighted by Crippen LogP contribution is 2.28. The maximum atomic E-state index is 5.72. The predicted octanol–water partition coefficient (Wildman–Crippen LogP) is 1.25. The summed E-state index contributed by atoms with van der Waals surface area (Å²) in [5, 5.41) is 2.90. The van der Waals surface area contributed by atoms with Crippen LogP contribution in [0.15, 0.2) is 12.3 Å². The van der Waals surface area contributed by atoms with Gasteiger partial charge in [0.2, 0.25) is 0 Å². The zero-order chi connectivity index (χ0) is 9.26. The van der Waals surface area contributed by atoms with Crippen LogP contribution in [0.25, 0.3) is 0 Å². The molecule has 1 aliphatic rings. The van der Waals surface area contributed by atoms with Crippen LogP contribution in [0.5, 0.6) is 5.75 Å². The minimum absolute atomic E-state index is 0.390. The molecule has 3 N–H and O–H groups in total. The van der Waals surface area contributed by atoms with E-state index in [0.717, 1.165) is 18.6 Å². The first-order valence-corrected chi connectivity index (χ1v) is 4.39. The largest absolute Gasteiger partial charge is 0.489 e. The molecule has 4 heteroatoms. The summed E-state index contributed by atoms with van der Waals surface area (Å²) in [6.07, 6.45) is 4.38. The third-order valence-corrected chi connectivity index (χ3v) is 1.96. The molecular weight excluding hydrogens is 166 g/mol. The van der Waals surface area contributed by atoms with Crippen LogP contribution in [-0.4, -0.2) is 18.1 Å². The molecular formula is C9H13N3O. The Bertz CT molecular complexity index is 310. The molecule has 0 aliphatic heterocycles. The average Bonchev–Trinajstić information content (AvgIpc) is 2.89. The summed E-state index contributed by atoms with van der Waals surface area (Å²) in [6, 6.07) is 1.80. The van der Waals surface area contributed by atoms with Crippen LogP contribution in [-0.2, 0) is 0 Å². The van der Waals surface area contributed by atoms with E-state index in [-0.39, 0.29) is 0 Å². The van der Waals surface area contributed by atoms with E-state index in [4.69, 9.17) is 10.5 Å². The standard InChI is InChI=1S/C9H13N3O/c1-11-9-8(10)4-7(5-12-9)13-6-2-3-6/h4-6H,2-3,10H2,1H3,(H,11,12). The quantitative estimate of drug-likeness (QED) is 0.733. The van der Waals surface area contributed by atoms with Crippen molar-refractivity contribution >= 4 is 11.5 Å². The number of aromatic nitrogens is 1. The van der Waals surface area contributed by atoms with Gasteiger partial charge in [-0.05, 0) is 12.8 Å². The second kappa shape index (κ2) is 3.12. The van der Waals surface area contributed by atoms with Crippen LogP contribution >= 0.6 is 0 Å². The fourth-order valence-electron chi connectivity index (χ4n) is 1.11. The van der Waals surface area contributed by atoms with Crippen LogP contribution in [0.1, 0.15) is 12.8 Å². The minimum atomic E-state index is 0.390. The lowest BCUT2D eigenvalue weighted by Crippen LogP contribution is -2.01. The normalized spacial score (nSPS) is 15.5. The van der Waals surface area contributed by atoms with Crippen molar-refractivity contribution in [2.45, 2.75) is 18.9 Å². The van der Waals surface area contributed by atoms with E-state index in [1.54, 1.807) is 19.3 Å². The number of anilines is 2. The molecule has 1 fully saturated rings. The molecule has 13 heavy (non-hydrogen) atoms. The van der Waals surface area contributed by atoms with Gasteiger partial charge in [0.25, 0.3) is 0 Å². The van der Waals surface area contributed by atoms with E-state index in [1.807, 2.05) is 0 Å². The number of nitrogens with one attached hydrogen (secondary N) is 1. The number of pyridine rings is 1. The number of rotatable bonds is 3. The van der Waals surface area contributed by atoms with Gasteiger partial charge in [-0.3, -0.25) is 0 Å². The Hall–Kier alpha value is -1.45. The summed E-state index contributed by atoms with van der Waals surface area (Å²) in [4.78, 5) is 4.12. The van der Waals surface area contributed by atoms with E-state index < -0.39 is 0 Å². The van der Waals surface area contributed by atoms with E-state index in [9.17, 15) is 0 Å². The van der Waals surface area contributed by atoms with Crippen molar-refractivity contribution in [3.63, 3.8) is 0 Å². The lowest BCUT2D eigenvalue weighted by Gasteiger charge is -2.07. The topological polar surface area (TPSA) is 60.2 Å². The lowest BCUT2D eigenvalue weighted by molar-refractivity contribution is 0.302. The van der Waals surface area contributed by atoms with Gasteiger partial charge in [0.15, 0.2) is 0 Å². The zero-order valence-corrected chi connectivity index (χ0v) is 7.58. The minimum Gasteiger partial charge on any atom is -0.489 e. The lowest BCUT2D eigenvalue weighted by atomic mass is 10.4. The Morgan fingerprint density at radius 1 is 1.62 bits per heavy atom. The average molecular weight is 179 g/mol. The molecule has 1 aromatic rings. The van der Waals surface area contributed by atoms with E-state index in [0.29, 0.717) is 17.6 Å². The summed E-state index contributed by atoms with van der Waals surface area (Å²) < 4.78 is 5.54. The van der Waals surface area contributed by atoms with Crippen molar-refractivity contribution in [2.75, 3.05) is 18.1 Å². The van der Waals surface area contributed by atoms with E-state index in [2.05, 4.69) is 10.3 Å². The monoisotopic (exact) mass is 179 g/mol. The number of nitrogen functional groups attached to an aromatic ring is 1. The molecule has 2 rings (SSSR count). The fraction of sp³-hybridized carbons (Fsp3) is 0.444. The Kier molecular flexibility index (Phi) is 1.96. The van der Waals surface area contributed by atoms with Crippen molar-refractivity contribution in [2.24, 2.45) is 0 Å². The molecule has 0 aromatic carbocycles. The molecule has 1 saturated carbocycles. The number of hydrogen-bond donors (Lipinski definition) is 2. The Labute approximate surface area is 77.1 Å². The van der Waals surface area contributed by atoms with Crippen molar-refractivity contribution in [3.05, 3.63) is 12.3 Å². The molecule has 0 amide bonds. The second-order valence-corrected chi connectivity index (χ2v) is 3.18. The predicted molar refractivity (Wildman–Crippen MR) is 51.8 cm³/mol. The van der Waals surface area contributed by atoms with Crippen LogP contribution in [0, 0.1) is 0 Å². The Morgan fingerprint density at radius 2 is 2.38 bits per heavy atom. The van der Waals surface area contributed by atoms with Gasteiger partial charge in [-0.1, -0.05) is 0 Å². The van der Waals surface area contributed by atoms with Gasteiger partial charge in [0.1, 0.15) is 11.6 Å². The third-order valence-electron chi connectivity index (χ3n) is 1.96. The molecule has 1 aliphatic carbocycles. The van der Waals surface area contributed by atoms with Gasteiger partial charge in [-0.2, -0.15) is 0 Å². The van der Waals surface area contributed by atoms with E-state index >= 15 is 0 Å². The van der Waals surface area contributed by atoms with Gasteiger partial charge >= 0.3 is 0 Å². The van der Waals surface area contributed by atoms with Crippen LogP contribution in [0.3, 0.4) is 0 Å². The number of ether oxygens (including phenoxy) is 1. The Balaban J connectivity index is 2.13. The molecule has 70 valence electrons. The van der Waals surface area contributed by atoms with Crippen molar-refractivity contribution in [3.8, 4) is 5.75 Å². The fourth-order valence-corrected chi connectivity index (χ4v) is 1.11. The molecule has 4 nitrogen and oxygen atoms in total. The highest BCUT2D eigenvalue weighted by molar-refractivity contribution is 5.62. The molecule has 0 saturated heterocycles. The van der Waals surface area contributed by atoms with Crippen LogP contribution in [0.4, 0.5) is 11.5 Å². The molecule has 1 aromatic heterocycles. The summed E-state index contributed by atoms with van der Waals surface area (Å²) in [7, 11) is 1.79. The first-order chi connectivity index (χ1) is 6.29.